The highest BCUT2D eigenvalue weighted by atomic mass is 16.5. The molecule has 4 heteroatoms. The molecule has 120 valence electrons. The van der Waals surface area contributed by atoms with Gasteiger partial charge in [0.05, 0.1) is 7.11 Å². The molecule has 0 aliphatic heterocycles. The van der Waals surface area contributed by atoms with E-state index in [1.807, 2.05) is 12.1 Å². The van der Waals surface area contributed by atoms with Gasteiger partial charge in [0.25, 0.3) is 0 Å². The molecule has 2 atom stereocenters. The van der Waals surface area contributed by atoms with Crippen molar-refractivity contribution in [3.05, 3.63) is 29.8 Å². The van der Waals surface area contributed by atoms with Crippen LogP contribution in [0.15, 0.2) is 24.3 Å². The average Bonchev–Trinajstić information content (AvgIpc) is 2.46. The van der Waals surface area contributed by atoms with Crippen molar-refractivity contribution in [2.24, 2.45) is 5.73 Å². The highest BCUT2D eigenvalue weighted by Crippen LogP contribution is 2.25. The minimum Gasteiger partial charge on any atom is -0.497 e. The van der Waals surface area contributed by atoms with Gasteiger partial charge in [-0.1, -0.05) is 19.1 Å². The topological polar surface area (TPSA) is 41.7 Å². The fourth-order valence-electron chi connectivity index (χ4n) is 2.73. The Morgan fingerprint density at radius 1 is 1.14 bits per heavy atom. The average molecular weight is 293 g/mol. The predicted molar refractivity (Wildman–Crippen MR) is 89.8 cm³/mol. The minimum absolute atomic E-state index is 0.0951. The monoisotopic (exact) mass is 293 g/mol. The fourth-order valence-corrected chi connectivity index (χ4v) is 2.73. The van der Waals surface area contributed by atoms with E-state index in [0.717, 1.165) is 31.8 Å². The first-order valence-electron chi connectivity index (χ1n) is 7.77. The quantitative estimate of drug-likeness (QED) is 0.759. The van der Waals surface area contributed by atoms with Crippen LogP contribution in [0.1, 0.15) is 31.9 Å². The van der Waals surface area contributed by atoms with Crippen molar-refractivity contribution >= 4 is 0 Å². The summed E-state index contributed by atoms with van der Waals surface area (Å²) in [5.74, 6) is 0.887. The summed E-state index contributed by atoms with van der Waals surface area (Å²) in [6, 6.07) is 8.63. The summed E-state index contributed by atoms with van der Waals surface area (Å²) in [6.07, 6.45) is 1.15. The number of methoxy groups -OCH3 is 1. The van der Waals surface area contributed by atoms with Crippen LogP contribution in [-0.4, -0.2) is 56.7 Å². The molecule has 1 aromatic carbocycles. The van der Waals surface area contributed by atoms with E-state index in [1.165, 1.54) is 5.56 Å². The van der Waals surface area contributed by atoms with Gasteiger partial charge in [-0.2, -0.15) is 0 Å². The zero-order valence-corrected chi connectivity index (χ0v) is 14.2. The molecule has 21 heavy (non-hydrogen) atoms. The number of nitrogens with two attached hydrogens (primary N) is 1. The van der Waals surface area contributed by atoms with Crippen LogP contribution in [0.2, 0.25) is 0 Å². The van der Waals surface area contributed by atoms with Crippen molar-refractivity contribution in [2.45, 2.75) is 32.4 Å². The molecule has 1 aromatic rings. The zero-order valence-electron chi connectivity index (χ0n) is 14.2. The zero-order chi connectivity index (χ0) is 15.8. The molecule has 0 heterocycles. The molecule has 0 saturated carbocycles. The molecule has 4 nitrogen and oxygen atoms in total. The Morgan fingerprint density at radius 3 is 2.19 bits per heavy atom. The Labute approximate surface area is 129 Å². The number of hydrogen-bond donors (Lipinski definition) is 1. The van der Waals surface area contributed by atoms with E-state index in [-0.39, 0.29) is 12.1 Å². The number of likely N-dealkylation sites (N-methyl/N-ethyl adjacent to an activating group) is 1. The van der Waals surface area contributed by atoms with Crippen LogP contribution < -0.4 is 10.5 Å². The molecule has 0 aliphatic carbocycles. The smallest absolute Gasteiger partial charge is 0.118 e. The molecular weight excluding hydrogens is 262 g/mol. The third-order valence-corrected chi connectivity index (χ3v) is 3.81. The number of ether oxygens (including phenoxy) is 1. The standard InChI is InChI=1S/C17H31N3O/c1-6-20(13-7-12-19(3)4)17(14(2)18)15-8-10-16(21-5)11-9-15/h8-11,14,17H,6-7,12-13,18H2,1-5H3. The molecule has 0 amide bonds. The van der Waals surface area contributed by atoms with Crippen LogP contribution in [0.3, 0.4) is 0 Å². The summed E-state index contributed by atoms with van der Waals surface area (Å²) < 4.78 is 5.24. The summed E-state index contributed by atoms with van der Waals surface area (Å²) in [4.78, 5) is 4.69. The van der Waals surface area contributed by atoms with E-state index < -0.39 is 0 Å². The third kappa shape index (κ3) is 5.65. The van der Waals surface area contributed by atoms with Gasteiger partial charge in [-0.3, -0.25) is 4.90 Å². The van der Waals surface area contributed by atoms with E-state index in [1.54, 1.807) is 7.11 Å². The van der Waals surface area contributed by atoms with Gasteiger partial charge < -0.3 is 15.4 Å². The lowest BCUT2D eigenvalue weighted by Crippen LogP contribution is -2.40. The lowest BCUT2D eigenvalue weighted by atomic mass is 9.98. The van der Waals surface area contributed by atoms with Crippen LogP contribution in [0.25, 0.3) is 0 Å². The van der Waals surface area contributed by atoms with Crippen LogP contribution in [0.4, 0.5) is 0 Å². The molecule has 0 aromatic heterocycles. The van der Waals surface area contributed by atoms with Gasteiger partial charge >= 0.3 is 0 Å². The second-order valence-corrected chi connectivity index (χ2v) is 5.86. The Morgan fingerprint density at radius 2 is 1.76 bits per heavy atom. The molecule has 2 N–H and O–H groups in total. The highest BCUT2D eigenvalue weighted by molar-refractivity contribution is 5.29. The minimum atomic E-state index is 0.0951. The van der Waals surface area contributed by atoms with E-state index in [9.17, 15) is 0 Å². The first-order chi connectivity index (χ1) is 9.99. The lowest BCUT2D eigenvalue weighted by Gasteiger charge is -2.34. The van der Waals surface area contributed by atoms with Crippen molar-refractivity contribution < 1.29 is 4.74 Å². The van der Waals surface area contributed by atoms with Gasteiger partial charge in [0.15, 0.2) is 0 Å². The Hall–Kier alpha value is -1.10. The maximum Gasteiger partial charge on any atom is 0.118 e. The van der Waals surface area contributed by atoms with Gasteiger partial charge in [0.2, 0.25) is 0 Å². The Kier molecular flexibility index (Phi) is 7.72. The summed E-state index contributed by atoms with van der Waals surface area (Å²) in [5.41, 5.74) is 7.53. The summed E-state index contributed by atoms with van der Waals surface area (Å²) in [5, 5.41) is 0. The van der Waals surface area contributed by atoms with Crippen LogP contribution in [0.5, 0.6) is 5.75 Å². The van der Waals surface area contributed by atoms with Gasteiger partial charge in [-0.15, -0.1) is 0 Å². The second kappa shape index (κ2) is 9.03. The van der Waals surface area contributed by atoms with Crippen LogP contribution in [-0.2, 0) is 0 Å². The normalized spacial score (nSPS) is 14.5. The number of rotatable bonds is 9. The molecule has 0 saturated heterocycles. The molecular formula is C17H31N3O. The lowest BCUT2D eigenvalue weighted by molar-refractivity contribution is 0.177. The number of benzene rings is 1. The van der Waals surface area contributed by atoms with Crippen molar-refractivity contribution in [2.75, 3.05) is 40.8 Å². The second-order valence-electron chi connectivity index (χ2n) is 5.86. The van der Waals surface area contributed by atoms with Gasteiger partial charge in [-0.05, 0) is 58.2 Å². The Balaban J connectivity index is 2.81. The Bertz CT molecular complexity index is 390. The predicted octanol–water partition coefficient (Wildman–Crippen LogP) is 2.36. The number of nitrogens with zero attached hydrogens (tertiary/aromatic N) is 2. The van der Waals surface area contributed by atoms with E-state index in [0.29, 0.717) is 0 Å². The van der Waals surface area contributed by atoms with Crippen molar-refractivity contribution in [3.8, 4) is 5.75 Å². The molecule has 0 bridgehead atoms. The number of hydrogen-bond acceptors (Lipinski definition) is 4. The first kappa shape index (κ1) is 18.0. The molecule has 0 aliphatic rings. The van der Waals surface area contributed by atoms with Crippen LogP contribution >= 0.6 is 0 Å². The SMILES string of the molecule is CCN(CCCN(C)C)C(c1ccc(OC)cc1)C(C)N. The molecule has 2 unspecified atom stereocenters. The van der Waals surface area contributed by atoms with Gasteiger partial charge in [-0.25, -0.2) is 0 Å². The summed E-state index contributed by atoms with van der Waals surface area (Å²) in [7, 11) is 5.92. The maximum atomic E-state index is 6.26. The highest BCUT2D eigenvalue weighted by Gasteiger charge is 2.22. The fraction of sp³-hybridized carbons (Fsp3) is 0.647. The first-order valence-corrected chi connectivity index (χ1v) is 7.77. The van der Waals surface area contributed by atoms with Crippen molar-refractivity contribution in [1.29, 1.82) is 0 Å². The van der Waals surface area contributed by atoms with Gasteiger partial charge in [0.1, 0.15) is 5.75 Å². The maximum absolute atomic E-state index is 6.26. The third-order valence-electron chi connectivity index (χ3n) is 3.81. The van der Waals surface area contributed by atoms with Crippen molar-refractivity contribution in [3.63, 3.8) is 0 Å². The molecule has 0 fully saturated rings. The summed E-state index contributed by atoms with van der Waals surface area (Å²) in [6.45, 7) is 7.46. The summed E-state index contributed by atoms with van der Waals surface area (Å²) >= 11 is 0. The molecule has 1 rings (SSSR count). The largest absolute Gasteiger partial charge is 0.497 e. The van der Waals surface area contributed by atoms with Gasteiger partial charge in [0, 0.05) is 18.6 Å². The van der Waals surface area contributed by atoms with Crippen molar-refractivity contribution in [1.82, 2.24) is 9.80 Å². The molecule has 0 radical (unpaired) electrons. The van der Waals surface area contributed by atoms with Crippen LogP contribution in [0, 0.1) is 0 Å². The molecule has 0 spiro atoms. The van der Waals surface area contributed by atoms with E-state index in [4.69, 9.17) is 10.5 Å². The van der Waals surface area contributed by atoms with E-state index >= 15 is 0 Å². The van der Waals surface area contributed by atoms with E-state index in [2.05, 4.69) is 49.9 Å².